The summed E-state index contributed by atoms with van der Waals surface area (Å²) in [6.07, 6.45) is 1.34. The average Bonchev–Trinajstić information content (AvgIpc) is 2.17. The molecule has 14 heavy (non-hydrogen) atoms. The second-order valence-electron chi connectivity index (χ2n) is 2.77. The van der Waals surface area contributed by atoms with Gasteiger partial charge in [-0.2, -0.15) is 0 Å². The van der Waals surface area contributed by atoms with Crippen LogP contribution in [-0.4, -0.2) is 23.2 Å². The molecule has 0 bridgehead atoms. The van der Waals surface area contributed by atoms with E-state index in [-0.39, 0.29) is 6.29 Å². The summed E-state index contributed by atoms with van der Waals surface area (Å²) in [5.74, 6) is 0.729. The molecule has 0 saturated carbocycles. The Morgan fingerprint density at radius 2 is 1.93 bits per heavy atom. The molecule has 1 aromatic rings. The van der Waals surface area contributed by atoms with E-state index in [4.69, 9.17) is 9.47 Å². The molecule has 0 fully saturated rings. The zero-order valence-electron chi connectivity index (χ0n) is 8.86. The summed E-state index contributed by atoms with van der Waals surface area (Å²) in [7, 11) is 0. The van der Waals surface area contributed by atoms with Gasteiger partial charge in [-0.05, 0) is 26.8 Å². The van der Waals surface area contributed by atoms with Crippen LogP contribution in [0, 0.1) is 6.92 Å². The fourth-order valence-corrected chi connectivity index (χ4v) is 1.13. The van der Waals surface area contributed by atoms with E-state index in [1.807, 2.05) is 26.8 Å². The Hall–Kier alpha value is -1.00. The Labute approximate surface area is 84.3 Å². The van der Waals surface area contributed by atoms with Gasteiger partial charge in [0.1, 0.15) is 5.82 Å². The van der Waals surface area contributed by atoms with Crippen molar-refractivity contribution in [3.8, 4) is 0 Å². The van der Waals surface area contributed by atoms with Gasteiger partial charge in [-0.15, -0.1) is 0 Å². The van der Waals surface area contributed by atoms with Gasteiger partial charge in [-0.3, -0.25) is 0 Å². The Bertz CT molecular complexity index is 273. The summed E-state index contributed by atoms with van der Waals surface area (Å²) in [5.41, 5.74) is 0.779. The van der Waals surface area contributed by atoms with Crippen molar-refractivity contribution in [2.45, 2.75) is 27.1 Å². The SMILES string of the molecule is CCOC(OCC)c1ccnc(C)n1. The van der Waals surface area contributed by atoms with Gasteiger partial charge in [0.25, 0.3) is 0 Å². The normalized spacial score (nSPS) is 10.9. The minimum atomic E-state index is -0.369. The number of aryl methyl sites for hydroxylation is 1. The highest BCUT2D eigenvalue weighted by atomic mass is 16.7. The molecule has 0 aliphatic carbocycles. The second-order valence-corrected chi connectivity index (χ2v) is 2.77. The van der Waals surface area contributed by atoms with Gasteiger partial charge in [0.15, 0.2) is 0 Å². The smallest absolute Gasteiger partial charge is 0.201 e. The number of hydrogen-bond acceptors (Lipinski definition) is 4. The van der Waals surface area contributed by atoms with Gasteiger partial charge in [0.2, 0.25) is 6.29 Å². The molecule has 0 aliphatic heterocycles. The molecule has 0 saturated heterocycles. The summed E-state index contributed by atoms with van der Waals surface area (Å²) >= 11 is 0. The maximum Gasteiger partial charge on any atom is 0.201 e. The molecule has 0 unspecified atom stereocenters. The predicted molar refractivity (Wildman–Crippen MR) is 52.8 cm³/mol. The zero-order valence-corrected chi connectivity index (χ0v) is 8.86. The first kappa shape index (κ1) is 11.1. The lowest BCUT2D eigenvalue weighted by molar-refractivity contribution is -0.142. The standard InChI is InChI=1S/C10H16N2O2/c1-4-13-10(14-5-2)9-6-7-11-8(3)12-9/h6-7,10H,4-5H2,1-3H3. The van der Waals surface area contributed by atoms with Crippen LogP contribution < -0.4 is 0 Å². The largest absolute Gasteiger partial charge is 0.347 e. The first-order chi connectivity index (χ1) is 6.77. The van der Waals surface area contributed by atoms with Crippen LogP contribution >= 0.6 is 0 Å². The van der Waals surface area contributed by atoms with Crippen LogP contribution in [0.4, 0.5) is 0 Å². The lowest BCUT2D eigenvalue weighted by Crippen LogP contribution is -2.11. The van der Waals surface area contributed by atoms with Crippen LogP contribution in [0.1, 0.15) is 31.7 Å². The summed E-state index contributed by atoms with van der Waals surface area (Å²) < 4.78 is 10.8. The number of aromatic nitrogens is 2. The Kier molecular flexibility index (Phi) is 4.49. The molecule has 0 aliphatic rings. The number of nitrogens with zero attached hydrogens (tertiary/aromatic N) is 2. The molecule has 0 amide bonds. The van der Waals surface area contributed by atoms with Crippen molar-refractivity contribution in [3.05, 3.63) is 23.8 Å². The highest BCUT2D eigenvalue weighted by molar-refractivity contribution is 5.03. The molecule has 0 N–H and O–H groups in total. The predicted octanol–water partition coefficient (Wildman–Crippen LogP) is 1.86. The van der Waals surface area contributed by atoms with E-state index in [1.165, 1.54) is 0 Å². The van der Waals surface area contributed by atoms with Crippen LogP contribution in [0.25, 0.3) is 0 Å². The van der Waals surface area contributed by atoms with Gasteiger partial charge in [-0.1, -0.05) is 0 Å². The lowest BCUT2D eigenvalue weighted by atomic mass is 10.4. The minimum absolute atomic E-state index is 0.369. The van der Waals surface area contributed by atoms with Crippen molar-refractivity contribution in [3.63, 3.8) is 0 Å². The molecule has 1 aromatic heterocycles. The topological polar surface area (TPSA) is 44.2 Å². The fraction of sp³-hybridized carbons (Fsp3) is 0.600. The molecule has 0 aromatic carbocycles. The first-order valence-corrected chi connectivity index (χ1v) is 4.80. The first-order valence-electron chi connectivity index (χ1n) is 4.80. The monoisotopic (exact) mass is 196 g/mol. The Balaban J connectivity index is 2.75. The van der Waals surface area contributed by atoms with E-state index in [0.717, 1.165) is 11.5 Å². The molecule has 78 valence electrons. The van der Waals surface area contributed by atoms with Gasteiger partial charge in [0, 0.05) is 19.4 Å². The molecule has 4 nitrogen and oxygen atoms in total. The second kappa shape index (κ2) is 5.67. The fourth-order valence-electron chi connectivity index (χ4n) is 1.13. The van der Waals surface area contributed by atoms with Crippen LogP contribution in [0.15, 0.2) is 12.3 Å². The lowest BCUT2D eigenvalue weighted by Gasteiger charge is -2.15. The molecular weight excluding hydrogens is 180 g/mol. The van der Waals surface area contributed by atoms with Crippen molar-refractivity contribution in [1.82, 2.24) is 9.97 Å². The van der Waals surface area contributed by atoms with Gasteiger partial charge in [-0.25, -0.2) is 9.97 Å². The van der Waals surface area contributed by atoms with E-state index in [1.54, 1.807) is 6.20 Å². The van der Waals surface area contributed by atoms with Crippen molar-refractivity contribution in [1.29, 1.82) is 0 Å². The van der Waals surface area contributed by atoms with Gasteiger partial charge in [0.05, 0.1) is 5.69 Å². The van der Waals surface area contributed by atoms with E-state index in [2.05, 4.69) is 9.97 Å². The van der Waals surface area contributed by atoms with Crippen molar-refractivity contribution >= 4 is 0 Å². The number of hydrogen-bond donors (Lipinski definition) is 0. The van der Waals surface area contributed by atoms with Gasteiger partial charge >= 0.3 is 0 Å². The van der Waals surface area contributed by atoms with Crippen LogP contribution in [-0.2, 0) is 9.47 Å². The quantitative estimate of drug-likeness (QED) is 0.674. The maximum absolute atomic E-state index is 5.41. The maximum atomic E-state index is 5.41. The van der Waals surface area contributed by atoms with Crippen molar-refractivity contribution in [2.75, 3.05) is 13.2 Å². The van der Waals surface area contributed by atoms with Crippen molar-refractivity contribution in [2.24, 2.45) is 0 Å². The Morgan fingerprint density at radius 1 is 1.29 bits per heavy atom. The van der Waals surface area contributed by atoms with Gasteiger partial charge < -0.3 is 9.47 Å². The van der Waals surface area contributed by atoms with E-state index in [9.17, 15) is 0 Å². The molecule has 0 radical (unpaired) electrons. The molecule has 1 heterocycles. The summed E-state index contributed by atoms with van der Waals surface area (Å²) in [4.78, 5) is 8.27. The third-order valence-electron chi connectivity index (χ3n) is 1.68. The Morgan fingerprint density at radius 3 is 2.43 bits per heavy atom. The van der Waals surface area contributed by atoms with E-state index < -0.39 is 0 Å². The summed E-state index contributed by atoms with van der Waals surface area (Å²) in [5, 5.41) is 0. The molecular formula is C10H16N2O2. The molecule has 1 rings (SSSR count). The third-order valence-corrected chi connectivity index (χ3v) is 1.68. The summed E-state index contributed by atoms with van der Waals surface area (Å²) in [6.45, 7) is 6.92. The van der Waals surface area contributed by atoms with Crippen molar-refractivity contribution < 1.29 is 9.47 Å². The number of ether oxygens (including phenoxy) is 2. The van der Waals surface area contributed by atoms with Crippen LogP contribution in [0.3, 0.4) is 0 Å². The van der Waals surface area contributed by atoms with E-state index >= 15 is 0 Å². The molecule has 0 atom stereocenters. The molecule has 0 spiro atoms. The highest BCUT2D eigenvalue weighted by Crippen LogP contribution is 2.15. The number of rotatable bonds is 5. The highest BCUT2D eigenvalue weighted by Gasteiger charge is 2.12. The van der Waals surface area contributed by atoms with E-state index in [0.29, 0.717) is 13.2 Å². The average molecular weight is 196 g/mol. The third kappa shape index (κ3) is 3.05. The van der Waals surface area contributed by atoms with Crippen LogP contribution in [0.2, 0.25) is 0 Å². The summed E-state index contributed by atoms with van der Waals surface area (Å²) in [6, 6.07) is 1.81. The zero-order chi connectivity index (χ0) is 10.4. The molecule has 4 heteroatoms. The van der Waals surface area contributed by atoms with Crippen LogP contribution in [0.5, 0.6) is 0 Å². The minimum Gasteiger partial charge on any atom is -0.347 e.